The van der Waals surface area contributed by atoms with Gasteiger partial charge in [-0.25, -0.2) is 4.98 Å². The van der Waals surface area contributed by atoms with E-state index in [1.165, 1.54) is 17.3 Å². The van der Waals surface area contributed by atoms with Gasteiger partial charge >= 0.3 is 0 Å². The van der Waals surface area contributed by atoms with E-state index in [2.05, 4.69) is 51.7 Å². The van der Waals surface area contributed by atoms with Gasteiger partial charge in [-0.05, 0) is 68.6 Å². The number of aromatic nitrogens is 1. The first-order valence-electron chi connectivity index (χ1n) is 11.1. The van der Waals surface area contributed by atoms with Gasteiger partial charge < -0.3 is 10.6 Å². The summed E-state index contributed by atoms with van der Waals surface area (Å²) in [6, 6.07) is 19.8. The molecular weight excluding hydrogens is 420 g/mol. The maximum absolute atomic E-state index is 12.8. The van der Waals surface area contributed by atoms with Crippen LogP contribution in [0.5, 0.6) is 0 Å². The molecule has 0 unspecified atom stereocenters. The molecule has 4 rings (SSSR count). The SMILES string of the molecule is Cc1ccc(CN2CCC(CNc3ccccc3C(=O)Nc3ccc(Cl)cn3)CC2)cc1. The molecule has 1 amide bonds. The number of rotatable bonds is 7. The number of hydrogen-bond donors (Lipinski definition) is 2. The maximum atomic E-state index is 12.8. The average molecular weight is 449 g/mol. The molecule has 166 valence electrons. The molecule has 1 aliphatic heterocycles. The van der Waals surface area contributed by atoms with E-state index >= 15 is 0 Å². The third kappa shape index (κ3) is 6.09. The quantitative estimate of drug-likeness (QED) is 0.492. The highest BCUT2D eigenvalue weighted by Gasteiger charge is 2.20. The number of benzene rings is 2. The van der Waals surface area contributed by atoms with Crippen LogP contribution in [0.1, 0.15) is 34.3 Å². The topological polar surface area (TPSA) is 57.3 Å². The van der Waals surface area contributed by atoms with Crippen LogP contribution in [-0.2, 0) is 6.54 Å². The molecule has 5 nitrogen and oxygen atoms in total. The molecule has 1 aromatic heterocycles. The summed E-state index contributed by atoms with van der Waals surface area (Å²) in [6.45, 7) is 6.21. The molecule has 2 heterocycles. The fourth-order valence-electron chi connectivity index (χ4n) is 4.02. The number of carbonyl (C=O) groups excluding carboxylic acids is 1. The van der Waals surface area contributed by atoms with Crippen LogP contribution in [0.15, 0.2) is 66.9 Å². The Balaban J connectivity index is 1.28. The molecule has 0 saturated carbocycles. The van der Waals surface area contributed by atoms with Gasteiger partial charge in [0, 0.05) is 25.0 Å². The Kier molecular flexibility index (Phi) is 7.40. The number of para-hydroxylation sites is 1. The Labute approximate surface area is 194 Å². The fraction of sp³-hybridized carbons (Fsp3) is 0.308. The minimum Gasteiger partial charge on any atom is -0.384 e. The number of pyridine rings is 1. The number of nitrogens with one attached hydrogen (secondary N) is 2. The summed E-state index contributed by atoms with van der Waals surface area (Å²) in [5.74, 6) is 0.893. The van der Waals surface area contributed by atoms with Gasteiger partial charge in [-0.3, -0.25) is 9.69 Å². The maximum Gasteiger partial charge on any atom is 0.258 e. The van der Waals surface area contributed by atoms with E-state index in [0.29, 0.717) is 22.3 Å². The van der Waals surface area contributed by atoms with Gasteiger partial charge in [0.1, 0.15) is 5.82 Å². The molecule has 6 heteroatoms. The second kappa shape index (κ2) is 10.6. The highest BCUT2D eigenvalue weighted by molar-refractivity contribution is 6.30. The summed E-state index contributed by atoms with van der Waals surface area (Å²) >= 11 is 5.87. The average Bonchev–Trinajstić information content (AvgIpc) is 2.82. The normalized spacial score (nSPS) is 14.8. The predicted octanol–water partition coefficient (Wildman–Crippen LogP) is 5.62. The van der Waals surface area contributed by atoms with Crippen molar-refractivity contribution >= 4 is 29.0 Å². The molecule has 0 radical (unpaired) electrons. The zero-order valence-corrected chi connectivity index (χ0v) is 19.1. The van der Waals surface area contributed by atoms with Crippen molar-refractivity contribution < 1.29 is 4.79 Å². The van der Waals surface area contributed by atoms with E-state index in [-0.39, 0.29) is 5.91 Å². The van der Waals surface area contributed by atoms with Gasteiger partial charge in [-0.1, -0.05) is 53.6 Å². The monoisotopic (exact) mass is 448 g/mol. The number of anilines is 2. The number of halogens is 1. The minimum atomic E-state index is -0.184. The van der Waals surface area contributed by atoms with Crippen LogP contribution >= 0.6 is 11.6 Å². The number of amides is 1. The predicted molar refractivity (Wildman–Crippen MR) is 131 cm³/mol. The molecule has 1 aliphatic rings. The van der Waals surface area contributed by atoms with Crippen molar-refractivity contribution in [3.05, 3.63) is 88.6 Å². The summed E-state index contributed by atoms with van der Waals surface area (Å²) in [5, 5.41) is 6.89. The lowest BCUT2D eigenvalue weighted by Crippen LogP contribution is -2.35. The van der Waals surface area contributed by atoms with Gasteiger partial charge in [-0.15, -0.1) is 0 Å². The summed E-state index contributed by atoms with van der Waals surface area (Å²) in [4.78, 5) is 19.5. The smallest absolute Gasteiger partial charge is 0.258 e. The number of hydrogen-bond acceptors (Lipinski definition) is 4. The van der Waals surface area contributed by atoms with Gasteiger partial charge in [0.25, 0.3) is 5.91 Å². The number of aryl methyl sites for hydroxylation is 1. The van der Waals surface area contributed by atoms with Gasteiger partial charge in [0.2, 0.25) is 0 Å². The van der Waals surface area contributed by atoms with Crippen LogP contribution in [0.3, 0.4) is 0 Å². The van der Waals surface area contributed by atoms with E-state index in [1.54, 1.807) is 12.1 Å². The van der Waals surface area contributed by atoms with Crippen LogP contribution in [0.2, 0.25) is 5.02 Å². The summed E-state index contributed by atoms with van der Waals surface area (Å²) in [5.41, 5.74) is 4.14. The van der Waals surface area contributed by atoms with Crippen LogP contribution < -0.4 is 10.6 Å². The molecule has 0 bridgehead atoms. The molecule has 1 saturated heterocycles. The first kappa shape index (κ1) is 22.3. The van der Waals surface area contributed by atoms with Crippen molar-refractivity contribution in [1.29, 1.82) is 0 Å². The Hall–Kier alpha value is -2.89. The summed E-state index contributed by atoms with van der Waals surface area (Å²) in [6.07, 6.45) is 3.83. The highest BCUT2D eigenvalue weighted by Crippen LogP contribution is 2.22. The van der Waals surface area contributed by atoms with Crippen molar-refractivity contribution in [3.63, 3.8) is 0 Å². The molecule has 0 spiro atoms. The lowest BCUT2D eigenvalue weighted by Gasteiger charge is -2.32. The number of piperidine rings is 1. The van der Waals surface area contributed by atoms with Crippen LogP contribution in [0.4, 0.5) is 11.5 Å². The van der Waals surface area contributed by atoms with Crippen molar-refractivity contribution in [3.8, 4) is 0 Å². The molecule has 32 heavy (non-hydrogen) atoms. The van der Waals surface area contributed by atoms with Gasteiger partial charge in [0.05, 0.1) is 10.6 Å². The zero-order valence-electron chi connectivity index (χ0n) is 18.4. The Morgan fingerprint density at radius 2 is 1.81 bits per heavy atom. The van der Waals surface area contributed by atoms with E-state index in [4.69, 9.17) is 11.6 Å². The molecule has 3 aromatic rings. The molecule has 1 fully saturated rings. The molecule has 2 N–H and O–H groups in total. The lowest BCUT2D eigenvalue weighted by atomic mass is 9.96. The second-order valence-electron chi connectivity index (χ2n) is 8.45. The van der Waals surface area contributed by atoms with Crippen molar-refractivity contribution in [2.24, 2.45) is 5.92 Å². The molecule has 2 aromatic carbocycles. The van der Waals surface area contributed by atoms with E-state index < -0.39 is 0 Å². The minimum absolute atomic E-state index is 0.184. The second-order valence-corrected chi connectivity index (χ2v) is 8.88. The van der Waals surface area contributed by atoms with Crippen molar-refractivity contribution in [2.75, 3.05) is 30.3 Å². The standard InChI is InChI=1S/C26H29ClN4O/c1-19-6-8-21(9-7-19)18-31-14-12-20(13-15-31)16-28-24-5-3-2-4-23(24)26(32)30-25-11-10-22(27)17-29-25/h2-11,17,20,28H,12-16,18H2,1H3,(H,29,30,32). The first-order valence-corrected chi connectivity index (χ1v) is 11.5. The van der Waals surface area contributed by atoms with Crippen LogP contribution in [0.25, 0.3) is 0 Å². The highest BCUT2D eigenvalue weighted by atomic mass is 35.5. The Morgan fingerprint density at radius 3 is 2.53 bits per heavy atom. The van der Waals surface area contributed by atoms with Crippen LogP contribution in [-0.4, -0.2) is 35.4 Å². The van der Waals surface area contributed by atoms with E-state index in [1.807, 2.05) is 24.3 Å². The van der Waals surface area contributed by atoms with Crippen LogP contribution in [0, 0.1) is 12.8 Å². The third-order valence-electron chi connectivity index (χ3n) is 5.96. The fourth-order valence-corrected chi connectivity index (χ4v) is 4.14. The van der Waals surface area contributed by atoms with Gasteiger partial charge in [-0.2, -0.15) is 0 Å². The largest absolute Gasteiger partial charge is 0.384 e. The molecule has 0 aliphatic carbocycles. The lowest BCUT2D eigenvalue weighted by molar-refractivity contribution is 0.102. The van der Waals surface area contributed by atoms with Crippen molar-refractivity contribution in [1.82, 2.24) is 9.88 Å². The number of carbonyl (C=O) groups is 1. The Bertz CT molecular complexity index is 1030. The molecule has 0 atom stereocenters. The van der Waals surface area contributed by atoms with Crippen molar-refractivity contribution in [2.45, 2.75) is 26.3 Å². The number of likely N-dealkylation sites (tertiary alicyclic amines) is 1. The zero-order chi connectivity index (χ0) is 22.3. The third-order valence-corrected chi connectivity index (χ3v) is 6.18. The van der Waals surface area contributed by atoms with E-state index in [9.17, 15) is 4.79 Å². The van der Waals surface area contributed by atoms with E-state index in [0.717, 1.165) is 44.7 Å². The number of nitrogens with zero attached hydrogens (tertiary/aromatic N) is 2. The Morgan fingerprint density at radius 1 is 1.06 bits per heavy atom. The first-order chi connectivity index (χ1) is 15.6. The van der Waals surface area contributed by atoms with Gasteiger partial charge in [0.15, 0.2) is 0 Å². The molecular formula is C26H29ClN4O. The summed E-state index contributed by atoms with van der Waals surface area (Å²) < 4.78 is 0. The summed E-state index contributed by atoms with van der Waals surface area (Å²) in [7, 11) is 0.